The van der Waals surface area contributed by atoms with Crippen molar-refractivity contribution >= 4 is 52.4 Å². The van der Waals surface area contributed by atoms with Crippen molar-refractivity contribution in [2.45, 2.75) is 63.7 Å². The zero-order valence-corrected chi connectivity index (χ0v) is 36.4. The number of nitrogens with one attached hydrogen (secondary N) is 2. The molecule has 7 heterocycles. The third-order valence-corrected chi connectivity index (χ3v) is 14.2. The second-order valence-electron chi connectivity index (χ2n) is 18.5. The standard InChI is InChI=1S/C47H53F3N10O5/c1-29-24-55(25-31-27-59(28-31)34-4-6-37-38(20-34)46(65)60(45(37)64)40-7-9-42(61)54-44(40)63)18-19-58(29)26-30-10-14-57(15-11-30)36-5-8-41(52-23-36)53-43(62)32-12-16-56(17-13-32)35-3-2-33(22-51)39(21-35)47(48,49)50/h2-6,8,20-21,23,29-32,40H,7,9-19,24-28H2,1H3,(H,52,53,62)(H,54,61,63)/t29-,40?/m1/s1. The minimum Gasteiger partial charge on any atom is -0.371 e. The summed E-state index contributed by atoms with van der Waals surface area (Å²) >= 11 is 0. The number of rotatable bonds is 10. The number of pyridine rings is 1. The lowest BCUT2D eigenvalue weighted by atomic mass is 9.94. The molecular weight excluding hydrogens is 842 g/mol. The predicted molar refractivity (Wildman–Crippen MR) is 235 cm³/mol. The van der Waals surface area contributed by atoms with Crippen LogP contribution in [-0.2, 0) is 20.6 Å². The van der Waals surface area contributed by atoms with Crippen LogP contribution < -0.4 is 25.3 Å². The van der Waals surface area contributed by atoms with Crippen molar-refractivity contribution in [3.05, 3.63) is 77.0 Å². The summed E-state index contributed by atoms with van der Waals surface area (Å²) in [6, 6.07) is 14.0. The number of fused-ring (bicyclic) bond motifs is 1. The number of carbonyl (C=O) groups excluding carboxylic acids is 5. The number of piperidine rings is 3. The minimum absolute atomic E-state index is 0.0868. The Labute approximate surface area is 375 Å². The second kappa shape index (κ2) is 18.1. The van der Waals surface area contributed by atoms with Crippen LogP contribution in [0.25, 0.3) is 0 Å². The van der Waals surface area contributed by atoms with E-state index in [2.05, 4.69) is 42.1 Å². The quantitative estimate of drug-likeness (QED) is 0.273. The minimum atomic E-state index is -4.62. The summed E-state index contributed by atoms with van der Waals surface area (Å²) in [6.45, 7) is 11.9. The monoisotopic (exact) mass is 894 g/mol. The molecule has 9 rings (SSSR count). The molecule has 2 atom stereocenters. The SMILES string of the molecule is C[C@@H]1CN(CC2CN(c3ccc4c(c3)C(=O)N(C3CCC(=O)NC3=O)C4=O)C2)CCN1CC1CCN(c2ccc(NC(=O)C3CCN(c4ccc(C#N)c(C(F)(F)F)c4)CC3)nc2)CC1. The third-order valence-electron chi connectivity index (χ3n) is 14.2. The normalized spacial score (nSPS) is 23.1. The van der Waals surface area contributed by atoms with E-state index in [1.807, 2.05) is 23.1 Å². The molecule has 65 heavy (non-hydrogen) atoms. The number of amides is 5. The highest BCUT2D eigenvalue weighted by atomic mass is 19.4. The molecule has 0 bridgehead atoms. The van der Waals surface area contributed by atoms with Crippen LogP contribution in [0.4, 0.5) is 36.1 Å². The molecule has 0 spiro atoms. The number of alkyl halides is 3. The highest BCUT2D eigenvalue weighted by Crippen LogP contribution is 2.37. The van der Waals surface area contributed by atoms with Crippen LogP contribution in [0.2, 0.25) is 0 Å². The Balaban J connectivity index is 0.675. The van der Waals surface area contributed by atoms with Crippen LogP contribution in [0.3, 0.4) is 0 Å². The molecule has 342 valence electrons. The second-order valence-corrected chi connectivity index (χ2v) is 18.5. The van der Waals surface area contributed by atoms with Crippen molar-refractivity contribution in [3.8, 4) is 6.07 Å². The van der Waals surface area contributed by atoms with E-state index < -0.39 is 47.0 Å². The number of benzene rings is 2. The molecular formula is C47H53F3N10O5. The van der Waals surface area contributed by atoms with Gasteiger partial charge in [-0.1, -0.05) is 0 Å². The van der Waals surface area contributed by atoms with E-state index in [0.29, 0.717) is 66.4 Å². The summed E-state index contributed by atoms with van der Waals surface area (Å²) in [5, 5.41) is 14.3. The lowest BCUT2D eigenvalue weighted by molar-refractivity contribution is -0.138. The van der Waals surface area contributed by atoms with Crippen LogP contribution >= 0.6 is 0 Å². The van der Waals surface area contributed by atoms with Crippen LogP contribution in [0.15, 0.2) is 54.7 Å². The van der Waals surface area contributed by atoms with Gasteiger partial charge < -0.3 is 24.9 Å². The summed E-state index contributed by atoms with van der Waals surface area (Å²) < 4.78 is 40.5. The number of imide groups is 2. The topological polar surface area (TPSA) is 166 Å². The van der Waals surface area contributed by atoms with Gasteiger partial charge in [0.2, 0.25) is 17.7 Å². The Morgan fingerprint density at radius 1 is 0.785 bits per heavy atom. The van der Waals surface area contributed by atoms with Gasteiger partial charge in [-0.15, -0.1) is 0 Å². The highest BCUT2D eigenvalue weighted by Gasteiger charge is 2.45. The maximum atomic E-state index is 13.5. The first kappa shape index (κ1) is 44.2. The molecule has 1 aromatic heterocycles. The number of nitrogens with zero attached hydrogens (tertiary/aromatic N) is 8. The number of hydrogen-bond donors (Lipinski definition) is 2. The number of nitriles is 1. The van der Waals surface area contributed by atoms with Gasteiger partial charge >= 0.3 is 6.18 Å². The molecule has 2 aromatic carbocycles. The molecule has 2 N–H and O–H groups in total. The molecule has 1 unspecified atom stereocenters. The maximum absolute atomic E-state index is 13.5. The van der Waals surface area contributed by atoms with Gasteiger partial charge in [-0.05, 0) is 93.5 Å². The summed E-state index contributed by atoms with van der Waals surface area (Å²) in [6.07, 6.45) is 0.538. The Morgan fingerprint density at radius 2 is 1.46 bits per heavy atom. The first-order valence-corrected chi connectivity index (χ1v) is 22.7. The van der Waals surface area contributed by atoms with Crippen LogP contribution in [0.1, 0.15) is 77.3 Å². The van der Waals surface area contributed by atoms with Crippen LogP contribution in [0, 0.1) is 29.1 Å². The van der Waals surface area contributed by atoms with Gasteiger partial charge in [0.1, 0.15) is 11.9 Å². The summed E-state index contributed by atoms with van der Waals surface area (Å²) in [5.74, 6) is -0.857. The van der Waals surface area contributed by atoms with Crippen molar-refractivity contribution in [2.24, 2.45) is 17.8 Å². The fourth-order valence-corrected chi connectivity index (χ4v) is 10.5. The average molecular weight is 895 g/mol. The highest BCUT2D eigenvalue weighted by molar-refractivity contribution is 6.23. The number of anilines is 4. The Hall–Kier alpha value is -6.06. The molecule has 0 aliphatic carbocycles. The molecule has 6 aliphatic rings. The van der Waals surface area contributed by atoms with E-state index in [1.54, 1.807) is 24.4 Å². The van der Waals surface area contributed by atoms with E-state index in [4.69, 9.17) is 5.26 Å². The molecule has 5 amide bonds. The number of aromatic nitrogens is 1. The first-order valence-electron chi connectivity index (χ1n) is 22.7. The first-order chi connectivity index (χ1) is 31.2. The summed E-state index contributed by atoms with van der Waals surface area (Å²) in [5.41, 5.74) is 1.54. The number of hydrogen-bond acceptors (Lipinski definition) is 12. The zero-order chi connectivity index (χ0) is 45.6. The van der Waals surface area contributed by atoms with Crippen molar-refractivity contribution < 1.29 is 37.1 Å². The molecule has 18 heteroatoms. The number of halogens is 3. The van der Waals surface area contributed by atoms with E-state index in [9.17, 15) is 37.1 Å². The largest absolute Gasteiger partial charge is 0.417 e. The van der Waals surface area contributed by atoms with E-state index >= 15 is 0 Å². The molecule has 0 radical (unpaired) electrons. The zero-order valence-electron chi connectivity index (χ0n) is 36.4. The van der Waals surface area contributed by atoms with Gasteiger partial charge in [0.15, 0.2) is 0 Å². The van der Waals surface area contributed by atoms with Crippen LogP contribution in [-0.4, -0.2) is 133 Å². The fourth-order valence-electron chi connectivity index (χ4n) is 10.5. The van der Waals surface area contributed by atoms with Gasteiger partial charge in [-0.25, -0.2) is 4.98 Å². The van der Waals surface area contributed by atoms with E-state index in [-0.39, 0.29) is 24.7 Å². The predicted octanol–water partition coefficient (Wildman–Crippen LogP) is 4.59. The molecule has 0 saturated carbocycles. The molecule has 5 saturated heterocycles. The Kier molecular flexibility index (Phi) is 12.3. The summed E-state index contributed by atoms with van der Waals surface area (Å²) in [4.78, 5) is 80.7. The van der Waals surface area contributed by atoms with E-state index in [0.717, 1.165) is 94.1 Å². The number of carbonyl (C=O) groups is 5. The molecule has 5 fully saturated rings. The van der Waals surface area contributed by atoms with Crippen molar-refractivity contribution in [1.82, 2.24) is 25.0 Å². The van der Waals surface area contributed by atoms with Crippen molar-refractivity contribution in [1.29, 1.82) is 5.26 Å². The molecule has 3 aromatic rings. The van der Waals surface area contributed by atoms with Crippen molar-refractivity contribution in [2.75, 3.05) is 92.0 Å². The maximum Gasteiger partial charge on any atom is 0.417 e. The van der Waals surface area contributed by atoms with Gasteiger partial charge in [0.05, 0.1) is 40.2 Å². The van der Waals surface area contributed by atoms with Crippen LogP contribution in [0.5, 0.6) is 0 Å². The lowest BCUT2D eigenvalue weighted by Gasteiger charge is -2.47. The molecule has 6 aliphatic heterocycles. The molecule has 15 nitrogen and oxygen atoms in total. The van der Waals surface area contributed by atoms with Gasteiger partial charge in [-0.3, -0.25) is 39.1 Å². The van der Waals surface area contributed by atoms with Gasteiger partial charge in [0, 0.05) is 108 Å². The third kappa shape index (κ3) is 9.26. The average Bonchev–Trinajstić information content (AvgIpc) is 3.53. The fraction of sp³-hybridized carbons (Fsp3) is 0.511. The lowest BCUT2D eigenvalue weighted by Crippen LogP contribution is -2.57. The van der Waals surface area contributed by atoms with E-state index in [1.165, 1.54) is 12.1 Å². The smallest absolute Gasteiger partial charge is 0.371 e. The number of piperazine rings is 1. The Morgan fingerprint density at radius 3 is 2.14 bits per heavy atom. The Bertz CT molecular complexity index is 2390. The van der Waals surface area contributed by atoms with Gasteiger partial charge in [-0.2, -0.15) is 18.4 Å². The van der Waals surface area contributed by atoms with Crippen molar-refractivity contribution in [3.63, 3.8) is 0 Å². The summed E-state index contributed by atoms with van der Waals surface area (Å²) in [7, 11) is 0. The van der Waals surface area contributed by atoms with Gasteiger partial charge in [0.25, 0.3) is 11.8 Å².